The topological polar surface area (TPSA) is 32.6 Å². The minimum atomic E-state index is 1.04. The van der Waals surface area contributed by atoms with Crippen LogP contribution in [0.25, 0.3) is 111 Å². The Morgan fingerprint density at radius 3 is 1.26 bits per heavy atom. The molecule has 0 spiro atoms. The fraction of sp³-hybridized carbons (Fsp3) is 0.0377. The van der Waals surface area contributed by atoms with Crippen LogP contribution < -0.4 is 10.6 Å². The van der Waals surface area contributed by atoms with E-state index in [0.29, 0.717) is 0 Å². The Bertz CT molecular complexity index is 3770. The highest BCUT2D eigenvalue weighted by Gasteiger charge is 2.20. The molecule has 272 valence electrons. The average Bonchev–Trinajstić information content (AvgIpc) is 4.00. The molecule has 13 rings (SSSR count). The van der Waals surface area contributed by atoms with Crippen LogP contribution in [-0.2, 0) is 0 Å². The molecule has 0 bridgehead atoms. The van der Waals surface area contributed by atoms with Crippen molar-refractivity contribution in [3.8, 4) is 22.7 Å². The molecule has 12 aromatic rings. The van der Waals surface area contributed by atoms with E-state index in [0.717, 1.165) is 35.6 Å². The molecule has 7 aromatic carbocycles. The van der Waals surface area contributed by atoms with Crippen molar-refractivity contribution >= 4 is 88.5 Å². The van der Waals surface area contributed by atoms with Gasteiger partial charge in [-0.2, -0.15) is 0 Å². The fourth-order valence-corrected chi connectivity index (χ4v) is 10.0. The van der Waals surface area contributed by atoms with Crippen LogP contribution in [0.2, 0.25) is 0 Å². The summed E-state index contributed by atoms with van der Waals surface area (Å²) >= 11 is 0. The molecule has 0 N–H and O–H groups in total. The van der Waals surface area contributed by atoms with E-state index in [1.165, 1.54) is 86.9 Å². The van der Waals surface area contributed by atoms with Crippen LogP contribution in [0.15, 0.2) is 176 Å². The minimum Gasteiger partial charge on any atom is -0.309 e. The molecule has 5 nitrogen and oxygen atoms in total. The predicted octanol–water partition coefficient (Wildman–Crippen LogP) is 11.7. The maximum atomic E-state index is 4.34. The third-order valence-electron chi connectivity index (χ3n) is 12.5. The Balaban J connectivity index is 1.05. The first-order valence-corrected chi connectivity index (χ1v) is 20.1. The van der Waals surface area contributed by atoms with Crippen LogP contribution in [-0.4, -0.2) is 23.3 Å². The molecule has 5 heterocycles. The number of para-hydroxylation sites is 4. The molecular weight excluding hydrogens is 707 g/mol. The van der Waals surface area contributed by atoms with E-state index in [1.807, 2.05) is 12.4 Å². The van der Waals surface area contributed by atoms with Crippen molar-refractivity contribution in [2.75, 3.05) is 0 Å². The molecule has 1 aliphatic rings. The SMILES string of the molecule is C1=c2c(n(-c3ccncc3)c3cc4c(cc23)c2ccccc2n4-c2ccc(-n3c4ccccc4c4cc5c6ccccc6n(-c6ccccc6)c5cc43)cc2)=CCC1. The lowest BCUT2D eigenvalue weighted by atomic mass is 10.1. The van der Waals surface area contributed by atoms with E-state index >= 15 is 0 Å². The summed E-state index contributed by atoms with van der Waals surface area (Å²) in [7, 11) is 0. The summed E-state index contributed by atoms with van der Waals surface area (Å²) in [4.78, 5) is 4.34. The smallest absolute Gasteiger partial charge is 0.0562 e. The van der Waals surface area contributed by atoms with Crippen molar-refractivity contribution in [1.29, 1.82) is 0 Å². The van der Waals surface area contributed by atoms with Crippen molar-refractivity contribution in [3.63, 3.8) is 0 Å². The fourth-order valence-electron chi connectivity index (χ4n) is 10.0. The van der Waals surface area contributed by atoms with Gasteiger partial charge in [-0.15, -0.1) is 0 Å². The normalized spacial score (nSPS) is 13.0. The number of rotatable bonds is 4. The highest BCUT2D eigenvalue weighted by atomic mass is 15.0. The zero-order valence-electron chi connectivity index (χ0n) is 31.5. The largest absolute Gasteiger partial charge is 0.309 e. The molecule has 0 radical (unpaired) electrons. The zero-order chi connectivity index (χ0) is 37.9. The van der Waals surface area contributed by atoms with E-state index < -0.39 is 0 Å². The van der Waals surface area contributed by atoms with Gasteiger partial charge in [0.05, 0.1) is 38.6 Å². The summed E-state index contributed by atoms with van der Waals surface area (Å²) in [6, 6.07) is 60.2. The third-order valence-corrected chi connectivity index (χ3v) is 12.5. The van der Waals surface area contributed by atoms with E-state index in [4.69, 9.17) is 0 Å². The Hall–Kier alpha value is -7.63. The maximum Gasteiger partial charge on any atom is 0.0562 e. The number of hydrogen-bond donors (Lipinski definition) is 0. The van der Waals surface area contributed by atoms with Crippen molar-refractivity contribution < 1.29 is 0 Å². The van der Waals surface area contributed by atoms with Gasteiger partial charge in [0.2, 0.25) is 0 Å². The third kappa shape index (κ3) is 4.33. The maximum absolute atomic E-state index is 4.34. The number of hydrogen-bond acceptors (Lipinski definition) is 1. The standard InChI is InChI=1S/C53H35N5/c1-2-12-34(13-3-1)55-46-18-8-4-14-38(46)42-30-43-39-15-5-9-19-47(39)56(51(43)32-50(42)55)35-22-24-36(25-23-35)57-48-20-10-6-16-40(48)44-31-45-41-17-7-11-21-49(41)58(53(45)33-52(44)57)37-26-28-54-29-27-37/h1-6,8-10,12-33H,7,11H2. The second kappa shape index (κ2) is 11.9. The Kier molecular flexibility index (Phi) is 6.50. The van der Waals surface area contributed by atoms with Gasteiger partial charge in [-0.3, -0.25) is 4.98 Å². The molecule has 0 aliphatic heterocycles. The highest BCUT2D eigenvalue weighted by molar-refractivity contribution is 6.19. The van der Waals surface area contributed by atoms with Crippen LogP contribution in [0.4, 0.5) is 0 Å². The first kappa shape index (κ1) is 31.6. The van der Waals surface area contributed by atoms with Gasteiger partial charge in [0.25, 0.3) is 0 Å². The van der Waals surface area contributed by atoms with Crippen LogP contribution in [0, 0.1) is 0 Å². The van der Waals surface area contributed by atoms with E-state index in [2.05, 4.69) is 199 Å². The molecule has 0 unspecified atom stereocenters. The number of benzene rings is 7. The van der Waals surface area contributed by atoms with Gasteiger partial charge in [0.1, 0.15) is 0 Å². The molecule has 0 atom stereocenters. The molecule has 5 heteroatoms. The lowest BCUT2D eigenvalue weighted by molar-refractivity contribution is 1.02. The summed E-state index contributed by atoms with van der Waals surface area (Å²) in [6.45, 7) is 0. The molecule has 58 heavy (non-hydrogen) atoms. The van der Waals surface area contributed by atoms with E-state index in [-0.39, 0.29) is 0 Å². The monoisotopic (exact) mass is 741 g/mol. The molecule has 0 amide bonds. The second-order valence-corrected chi connectivity index (χ2v) is 15.5. The molecule has 0 saturated carbocycles. The Morgan fingerprint density at radius 1 is 0.310 bits per heavy atom. The van der Waals surface area contributed by atoms with Gasteiger partial charge < -0.3 is 18.3 Å². The summed E-state index contributed by atoms with van der Waals surface area (Å²) in [5.74, 6) is 0. The lowest BCUT2D eigenvalue weighted by Crippen LogP contribution is -2.30. The molecular formula is C53H35N5. The highest BCUT2D eigenvalue weighted by Crippen LogP contribution is 2.40. The molecule has 5 aromatic heterocycles. The van der Waals surface area contributed by atoms with Crippen molar-refractivity contribution in [2.24, 2.45) is 0 Å². The van der Waals surface area contributed by atoms with Gasteiger partial charge in [-0.05, 0) is 104 Å². The molecule has 0 fully saturated rings. The van der Waals surface area contributed by atoms with Crippen molar-refractivity contribution in [2.45, 2.75) is 12.8 Å². The lowest BCUT2D eigenvalue weighted by Gasteiger charge is -2.13. The quantitative estimate of drug-likeness (QED) is 0.177. The Morgan fingerprint density at radius 2 is 0.724 bits per heavy atom. The minimum absolute atomic E-state index is 1.04. The predicted molar refractivity (Wildman–Crippen MR) is 242 cm³/mol. The van der Waals surface area contributed by atoms with Gasteiger partial charge in [0, 0.05) is 83.4 Å². The van der Waals surface area contributed by atoms with Crippen molar-refractivity contribution in [3.05, 3.63) is 187 Å². The first-order chi connectivity index (χ1) is 28.8. The number of fused-ring (bicyclic) bond motifs is 12. The van der Waals surface area contributed by atoms with Gasteiger partial charge in [-0.1, -0.05) is 84.9 Å². The van der Waals surface area contributed by atoms with E-state index in [9.17, 15) is 0 Å². The number of pyridine rings is 1. The van der Waals surface area contributed by atoms with Gasteiger partial charge >= 0.3 is 0 Å². The van der Waals surface area contributed by atoms with E-state index in [1.54, 1.807) is 0 Å². The summed E-state index contributed by atoms with van der Waals surface area (Å²) < 4.78 is 9.71. The molecule has 1 aliphatic carbocycles. The summed E-state index contributed by atoms with van der Waals surface area (Å²) in [6.07, 6.45) is 10.7. The summed E-state index contributed by atoms with van der Waals surface area (Å²) in [5.41, 5.74) is 13.0. The van der Waals surface area contributed by atoms with Crippen LogP contribution >= 0.6 is 0 Å². The zero-order valence-corrected chi connectivity index (χ0v) is 31.5. The van der Waals surface area contributed by atoms with Crippen LogP contribution in [0.5, 0.6) is 0 Å². The number of nitrogens with zero attached hydrogens (tertiary/aromatic N) is 5. The number of aromatic nitrogens is 5. The van der Waals surface area contributed by atoms with Crippen molar-refractivity contribution in [1.82, 2.24) is 23.3 Å². The van der Waals surface area contributed by atoms with Gasteiger partial charge in [-0.25, -0.2) is 0 Å². The summed E-state index contributed by atoms with van der Waals surface area (Å²) in [5, 5.41) is 11.4. The van der Waals surface area contributed by atoms with Crippen LogP contribution in [0.3, 0.4) is 0 Å². The average molecular weight is 742 g/mol. The molecule has 0 saturated heterocycles. The first-order valence-electron chi connectivity index (χ1n) is 20.1. The van der Waals surface area contributed by atoms with Crippen LogP contribution in [0.1, 0.15) is 12.8 Å². The Labute approximate surface area is 332 Å². The second-order valence-electron chi connectivity index (χ2n) is 15.5. The van der Waals surface area contributed by atoms with Gasteiger partial charge in [0.15, 0.2) is 0 Å².